The number of nitrogens with two attached hydrogens (primary N) is 2. The molecule has 1 aromatic heterocycles. The molecule has 3 rings (SSSR count). The van der Waals surface area contributed by atoms with Crippen LogP contribution in [0, 0.1) is 0 Å². The quantitative estimate of drug-likeness (QED) is 0.813. The Morgan fingerprint density at radius 1 is 1.21 bits per heavy atom. The third-order valence-electron chi connectivity index (χ3n) is 3.13. The van der Waals surface area contributed by atoms with Crippen molar-refractivity contribution in [2.75, 3.05) is 18.1 Å². The lowest BCUT2D eigenvalue weighted by atomic mass is 10.1. The average molecular weight is 260 g/mol. The first-order chi connectivity index (χ1) is 9.20. The molecule has 4 N–H and O–H groups in total. The summed E-state index contributed by atoms with van der Waals surface area (Å²) in [5.41, 5.74) is 13.4. The Labute approximate surface area is 110 Å². The van der Waals surface area contributed by atoms with Gasteiger partial charge in [-0.3, -0.25) is 0 Å². The molecule has 1 aliphatic heterocycles. The van der Waals surface area contributed by atoms with Gasteiger partial charge in [0.1, 0.15) is 0 Å². The Morgan fingerprint density at radius 2 is 2.00 bits per heavy atom. The van der Waals surface area contributed by atoms with Crippen molar-refractivity contribution in [3.8, 4) is 11.5 Å². The number of nitrogen functional groups attached to an aromatic ring is 2. The molecule has 0 spiro atoms. The Kier molecular flexibility index (Phi) is 3.08. The highest BCUT2D eigenvalue weighted by Gasteiger charge is 2.19. The van der Waals surface area contributed by atoms with Crippen LogP contribution in [0.25, 0.3) is 11.5 Å². The van der Waals surface area contributed by atoms with Crippen LogP contribution in [0.1, 0.15) is 18.7 Å². The Hall–Kier alpha value is -2.08. The molecule has 6 heteroatoms. The molecular formula is C13H16N4O2. The van der Waals surface area contributed by atoms with E-state index in [9.17, 15) is 0 Å². The highest BCUT2D eigenvalue weighted by Crippen LogP contribution is 2.24. The van der Waals surface area contributed by atoms with E-state index < -0.39 is 0 Å². The maximum atomic E-state index is 5.75. The number of ether oxygens (including phenoxy) is 1. The SMILES string of the molecule is Nc1cc(N)cc(-c2nc(CC3CCCO3)no2)c1. The molecular weight excluding hydrogens is 244 g/mol. The highest BCUT2D eigenvalue weighted by atomic mass is 16.5. The Morgan fingerprint density at radius 3 is 2.68 bits per heavy atom. The number of nitrogens with zero attached hydrogens (tertiary/aromatic N) is 2. The molecule has 2 aromatic rings. The van der Waals surface area contributed by atoms with Gasteiger partial charge in [0.2, 0.25) is 0 Å². The summed E-state index contributed by atoms with van der Waals surface area (Å²) in [6, 6.07) is 5.21. The summed E-state index contributed by atoms with van der Waals surface area (Å²) in [5.74, 6) is 1.09. The van der Waals surface area contributed by atoms with Crippen molar-refractivity contribution in [3.05, 3.63) is 24.0 Å². The van der Waals surface area contributed by atoms with Crippen LogP contribution in [-0.4, -0.2) is 22.9 Å². The smallest absolute Gasteiger partial charge is 0.258 e. The zero-order chi connectivity index (χ0) is 13.2. The lowest BCUT2D eigenvalue weighted by molar-refractivity contribution is 0.109. The zero-order valence-electron chi connectivity index (χ0n) is 10.5. The van der Waals surface area contributed by atoms with Gasteiger partial charge in [0, 0.05) is 30.0 Å². The predicted molar refractivity (Wildman–Crippen MR) is 71.2 cm³/mol. The fourth-order valence-corrected chi connectivity index (χ4v) is 2.26. The first-order valence-corrected chi connectivity index (χ1v) is 6.31. The summed E-state index contributed by atoms with van der Waals surface area (Å²) >= 11 is 0. The number of hydrogen-bond acceptors (Lipinski definition) is 6. The second-order valence-corrected chi connectivity index (χ2v) is 4.74. The van der Waals surface area contributed by atoms with Crippen molar-refractivity contribution < 1.29 is 9.26 Å². The van der Waals surface area contributed by atoms with Crippen LogP contribution in [0.5, 0.6) is 0 Å². The van der Waals surface area contributed by atoms with Crippen molar-refractivity contribution in [1.29, 1.82) is 0 Å². The summed E-state index contributed by atoms with van der Waals surface area (Å²) < 4.78 is 10.8. The number of benzene rings is 1. The van der Waals surface area contributed by atoms with E-state index in [1.54, 1.807) is 18.2 Å². The summed E-state index contributed by atoms with van der Waals surface area (Å²) in [6.45, 7) is 0.821. The number of aromatic nitrogens is 2. The molecule has 1 saturated heterocycles. The summed E-state index contributed by atoms with van der Waals surface area (Å²) in [6.07, 6.45) is 3.04. The van der Waals surface area contributed by atoms with Crippen molar-refractivity contribution in [1.82, 2.24) is 10.1 Å². The third kappa shape index (κ3) is 2.68. The first-order valence-electron chi connectivity index (χ1n) is 6.31. The molecule has 1 unspecified atom stereocenters. The van der Waals surface area contributed by atoms with Gasteiger partial charge >= 0.3 is 0 Å². The van der Waals surface area contributed by atoms with Gasteiger partial charge < -0.3 is 20.7 Å². The maximum absolute atomic E-state index is 5.75. The van der Waals surface area contributed by atoms with Gasteiger partial charge in [-0.05, 0) is 31.0 Å². The molecule has 0 aliphatic carbocycles. The minimum atomic E-state index is 0.205. The average Bonchev–Trinajstić information content (AvgIpc) is 2.99. The lowest BCUT2D eigenvalue weighted by Crippen LogP contribution is -2.09. The van der Waals surface area contributed by atoms with E-state index in [1.807, 2.05) is 0 Å². The van der Waals surface area contributed by atoms with Gasteiger partial charge in [-0.25, -0.2) is 0 Å². The normalized spacial score (nSPS) is 18.8. The van der Waals surface area contributed by atoms with Crippen LogP contribution in [0.15, 0.2) is 22.7 Å². The van der Waals surface area contributed by atoms with Crippen LogP contribution in [0.2, 0.25) is 0 Å². The van der Waals surface area contributed by atoms with E-state index in [2.05, 4.69) is 10.1 Å². The second kappa shape index (κ2) is 4.89. The van der Waals surface area contributed by atoms with Crippen LogP contribution in [-0.2, 0) is 11.2 Å². The molecule has 0 bridgehead atoms. The molecule has 1 fully saturated rings. The fraction of sp³-hybridized carbons (Fsp3) is 0.385. The van der Waals surface area contributed by atoms with Crippen LogP contribution < -0.4 is 11.5 Å². The van der Waals surface area contributed by atoms with Crippen molar-refractivity contribution in [2.24, 2.45) is 0 Å². The summed E-state index contributed by atoms with van der Waals surface area (Å²) in [4.78, 5) is 4.36. The van der Waals surface area contributed by atoms with Gasteiger partial charge in [0.15, 0.2) is 5.82 Å². The Bertz CT molecular complexity index is 556. The van der Waals surface area contributed by atoms with E-state index in [0.29, 0.717) is 29.5 Å². The molecule has 6 nitrogen and oxygen atoms in total. The van der Waals surface area contributed by atoms with Crippen LogP contribution >= 0.6 is 0 Å². The maximum Gasteiger partial charge on any atom is 0.258 e. The number of anilines is 2. The first kappa shape index (κ1) is 12.0. The third-order valence-corrected chi connectivity index (χ3v) is 3.13. The topological polar surface area (TPSA) is 100 Å². The second-order valence-electron chi connectivity index (χ2n) is 4.74. The zero-order valence-corrected chi connectivity index (χ0v) is 10.5. The van der Waals surface area contributed by atoms with E-state index in [0.717, 1.165) is 25.0 Å². The van der Waals surface area contributed by atoms with Crippen LogP contribution in [0.3, 0.4) is 0 Å². The molecule has 1 aliphatic rings. The van der Waals surface area contributed by atoms with Gasteiger partial charge in [-0.15, -0.1) is 0 Å². The number of rotatable bonds is 3. The Balaban J connectivity index is 1.79. The summed E-state index contributed by atoms with van der Waals surface area (Å²) in [7, 11) is 0. The molecule has 0 radical (unpaired) electrons. The van der Waals surface area contributed by atoms with Crippen molar-refractivity contribution >= 4 is 11.4 Å². The van der Waals surface area contributed by atoms with E-state index in [4.69, 9.17) is 20.7 Å². The summed E-state index contributed by atoms with van der Waals surface area (Å²) in [5, 5.41) is 3.97. The molecule has 0 amide bonds. The minimum absolute atomic E-state index is 0.205. The standard InChI is InChI=1S/C13H16N4O2/c14-9-4-8(5-10(15)6-9)13-16-12(17-19-13)7-11-2-1-3-18-11/h4-6,11H,1-3,7,14-15H2. The molecule has 0 saturated carbocycles. The minimum Gasteiger partial charge on any atom is -0.399 e. The largest absolute Gasteiger partial charge is 0.399 e. The van der Waals surface area contributed by atoms with Gasteiger partial charge in [0.25, 0.3) is 5.89 Å². The van der Waals surface area contributed by atoms with Crippen molar-refractivity contribution in [2.45, 2.75) is 25.4 Å². The molecule has 19 heavy (non-hydrogen) atoms. The number of hydrogen-bond donors (Lipinski definition) is 2. The van der Waals surface area contributed by atoms with E-state index in [1.165, 1.54) is 0 Å². The van der Waals surface area contributed by atoms with Gasteiger partial charge in [-0.2, -0.15) is 4.98 Å². The fourth-order valence-electron chi connectivity index (χ4n) is 2.26. The van der Waals surface area contributed by atoms with Gasteiger partial charge in [0.05, 0.1) is 6.10 Å². The predicted octanol–water partition coefficient (Wildman–Crippen LogP) is 1.62. The molecule has 100 valence electrons. The van der Waals surface area contributed by atoms with E-state index in [-0.39, 0.29) is 6.10 Å². The van der Waals surface area contributed by atoms with E-state index >= 15 is 0 Å². The van der Waals surface area contributed by atoms with Gasteiger partial charge in [-0.1, -0.05) is 5.16 Å². The van der Waals surface area contributed by atoms with Crippen LogP contribution in [0.4, 0.5) is 11.4 Å². The lowest BCUT2D eigenvalue weighted by Gasteiger charge is -2.04. The van der Waals surface area contributed by atoms with Crippen molar-refractivity contribution in [3.63, 3.8) is 0 Å². The highest BCUT2D eigenvalue weighted by molar-refractivity contribution is 5.67. The monoisotopic (exact) mass is 260 g/mol. The molecule has 2 heterocycles. The molecule has 1 atom stereocenters. The molecule has 1 aromatic carbocycles.